The van der Waals surface area contributed by atoms with E-state index in [0.29, 0.717) is 15.7 Å². The number of benzene rings is 3. The fraction of sp³-hybridized carbons (Fsp3) is 0.0909. The summed E-state index contributed by atoms with van der Waals surface area (Å²) in [6, 6.07) is 18.7. The first kappa shape index (κ1) is 21.2. The molecular formula is C22H17BrN2O5S. The van der Waals surface area contributed by atoms with Gasteiger partial charge in [-0.3, -0.25) is 14.3 Å². The summed E-state index contributed by atoms with van der Waals surface area (Å²) in [5.41, 5.74) is -0.914. The van der Waals surface area contributed by atoms with Crippen LogP contribution < -0.4 is 10.0 Å². The highest BCUT2D eigenvalue weighted by atomic mass is 79.9. The summed E-state index contributed by atoms with van der Waals surface area (Å²) in [5, 5.41) is 13.6. The van der Waals surface area contributed by atoms with E-state index in [1.54, 1.807) is 36.4 Å². The van der Waals surface area contributed by atoms with Crippen LogP contribution in [-0.2, 0) is 20.4 Å². The largest absolute Gasteiger partial charge is 0.375 e. The normalized spacial score (nSPS) is 17.7. The smallest absolute Gasteiger partial charge is 0.261 e. The van der Waals surface area contributed by atoms with Gasteiger partial charge in [0.1, 0.15) is 0 Å². The fourth-order valence-electron chi connectivity index (χ4n) is 3.40. The molecule has 1 unspecified atom stereocenters. The highest BCUT2D eigenvalue weighted by molar-refractivity contribution is 9.10. The molecule has 4 rings (SSSR count). The molecule has 3 aromatic rings. The quantitative estimate of drug-likeness (QED) is 0.447. The van der Waals surface area contributed by atoms with Crippen molar-refractivity contribution in [2.45, 2.75) is 16.9 Å². The first-order valence-corrected chi connectivity index (χ1v) is 11.5. The topological polar surface area (TPSA) is 113 Å². The van der Waals surface area contributed by atoms with Gasteiger partial charge in [0.2, 0.25) is 0 Å². The van der Waals surface area contributed by atoms with Gasteiger partial charge in [-0.1, -0.05) is 46.3 Å². The third-order valence-corrected chi connectivity index (χ3v) is 6.85. The zero-order chi connectivity index (χ0) is 22.2. The van der Waals surface area contributed by atoms with Crippen molar-refractivity contribution in [1.29, 1.82) is 0 Å². The Labute approximate surface area is 187 Å². The number of hydrogen-bond donors (Lipinski definition) is 3. The van der Waals surface area contributed by atoms with Gasteiger partial charge in [-0.05, 0) is 42.5 Å². The molecule has 0 aliphatic carbocycles. The summed E-state index contributed by atoms with van der Waals surface area (Å²) in [4.78, 5) is 25.4. The number of halogens is 1. The third-order valence-electron chi connectivity index (χ3n) is 4.96. The molecular weight excluding hydrogens is 484 g/mol. The van der Waals surface area contributed by atoms with Crippen LogP contribution in [0.5, 0.6) is 0 Å². The number of aliphatic hydroxyl groups is 1. The Hall–Kier alpha value is -3.01. The number of Topliss-reactive ketones (excluding diaryl/α,β-unsaturated/α-hetero) is 1. The second kappa shape index (κ2) is 7.92. The summed E-state index contributed by atoms with van der Waals surface area (Å²) in [5.74, 6) is -1.19. The molecule has 7 nitrogen and oxygen atoms in total. The molecule has 1 atom stereocenters. The minimum atomic E-state index is -3.82. The average Bonchev–Trinajstić information content (AvgIpc) is 2.98. The van der Waals surface area contributed by atoms with E-state index >= 15 is 0 Å². The highest BCUT2D eigenvalue weighted by Gasteiger charge is 2.46. The molecule has 3 N–H and O–H groups in total. The standard InChI is InChI=1S/C22H17BrN2O5S/c23-15-9-10-19-18(12-15)22(28,21(27)24-19)13-20(26)14-5-4-6-16(11-14)25-31(29,30)17-7-2-1-3-8-17/h1-12,25,28H,13H2,(H,24,27). The van der Waals surface area contributed by atoms with Crippen LogP contribution in [0, 0.1) is 0 Å². The number of nitrogens with one attached hydrogen (secondary N) is 2. The summed E-state index contributed by atoms with van der Waals surface area (Å²) in [6.45, 7) is 0. The minimum absolute atomic E-state index is 0.0888. The van der Waals surface area contributed by atoms with Crippen molar-refractivity contribution in [3.8, 4) is 0 Å². The van der Waals surface area contributed by atoms with Gasteiger partial charge in [0.25, 0.3) is 15.9 Å². The number of amides is 1. The molecule has 0 bridgehead atoms. The van der Waals surface area contributed by atoms with Gasteiger partial charge in [0.15, 0.2) is 11.4 Å². The van der Waals surface area contributed by atoms with Gasteiger partial charge in [0.05, 0.1) is 11.3 Å². The zero-order valence-corrected chi connectivity index (χ0v) is 18.4. The van der Waals surface area contributed by atoms with Gasteiger partial charge < -0.3 is 10.4 Å². The number of sulfonamides is 1. The van der Waals surface area contributed by atoms with Crippen molar-refractivity contribution in [1.82, 2.24) is 0 Å². The Morgan fingerprint density at radius 2 is 1.77 bits per heavy atom. The van der Waals surface area contributed by atoms with E-state index in [0.717, 1.165) is 0 Å². The van der Waals surface area contributed by atoms with E-state index in [1.807, 2.05) is 0 Å². The minimum Gasteiger partial charge on any atom is -0.375 e. The number of carbonyl (C=O) groups excluding carboxylic acids is 2. The van der Waals surface area contributed by atoms with E-state index in [1.165, 1.54) is 36.4 Å². The fourth-order valence-corrected chi connectivity index (χ4v) is 4.83. The van der Waals surface area contributed by atoms with Crippen molar-refractivity contribution in [3.05, 3.63) is 88.4 Å². The van der Waals surface area contributed by atoms with Crippen LogP contribution in [-0.4, -0.2) is 25.2 Å². The van der Waals surface area contributed by atoms with Crippen molar-refractivity contribution < 1.29 is 23.1 Å². The molecule has 0 radical (unpaired) electrons. The van der Waals surface area contributed by atoms with Gasteiger partial charge >= 0.3 is 0 Å². The molecule has 3 aromatic carbocycles. The molecule has 0 aromatic heterocycles. The summed E-state index contributed by atoms with van der Waals surface area (Å²) in [7, 11) is -3.82. The van der Waals surface area contributed by atoms with Crippen LogP contribution in [0.15, 0.2) is 82.2 Å². The van der Waals surface area contributed by atoms with Crippen molar-refractivity contribution >= 4 is 49.0 Å². The number of hydrogen-bond acceptors (Lipinski definition) is 5. The maximum atomic E-state index is 12.9. The maximum absolute atomic E-state index is 12.9. The lowest BCUT2D eigenvalue weighted by molar-refractivity contribution is -0.133. The Kier molecular flexibility index (Phi) is 5.42. The second-order valence-corrected chi connectivity index (χ2v) is 9.70. The molecule has 31 heavy (non-hydrogen) atoms. The van der Waals surface area contributed by atoms with Crippen LogP contribution in [0.25, 0.3) is 0 Å². The zero-order valence-electron chi connectivity index (χ0n) is 16.0. The second-order valence-electron chi connectivity index (χ2n) is 7.10. The van der Waals surface area contributed by atoms with Crippen LogP contribution in [0.3, 0.4) is 0 Å². The van der Waals surface area contributed by atoms with E-state index in [2.05, 4.69) is 26.0 Å². The average molecular weight is 501 g/mol. The van der Waals surface area contributed by atoms with Crippen LogP contribution >= 0.6 is 15.9 Å². The Morgan fingerprint density at radius 3 is 2.52 bits per heavy atom. The molecule has 0 spiro atoms. The highest BCUT2D eigenvalue weighted by Crippen LogP contribution is 2.40. The summed E-state index contributed by atoms with van der Waals surface area (Å²) >= 11 is 3.30. The van der Waals surface area contributed by atoms with E-state index in [4.69, 9.17) is 0 Å². The molecule has 1 aliphatic heterocycles. The lowest BCUT2D eigenvalue weighted by atomic mass is 9.88. The molecule has 1 aliphatic rings. The lowest BCUT2D eigenvalue weighted by Gasteiger charge is -2.20. The van der Waals surface area contributed by atoms with Crippen LogP contribution in [0.2, 0.25) is 0 Å². The first-order chi connectivity index (χ1) is 14.7. The van der Waals surface area contributed by atoms with Crippen molar-refractivity contribution in [2.24, 2.45) is 0 Å². The molecule has 0 saturated heterocycles. The van der Waals surface area contributed by atoms with Gasteiger partial charge in [-0.15, -0.1) is 0 Å². The Balaban J connectivity index is 1.58. The number of ketones is 1. The molecule has 0 fully saturated rings. The molecule has 1 heterocycles. The van der Waals surface area contributed by atoms with Gasteiger partial charge in [0, 0.05) is 27.0 Å². The molecule has 0 saturated carbocycles. The third kappa shape index (κ3) is 4.12. The van der Waals surface area contributed by atoms with Crippen LogP contribution in [0.4, 0.5) is 11.4 Å². The van der Waals surface area contributed by atoms with E-state index < -0.39 is 33.7 Å². The van der Waals surface area contributed by atoms with Gasteiger partial charge in [-0.2, -0.15) is 0 Å². The molecule has 158 valence electrons. The SMILES string of the molecule is O=C(CC1(O)C(=O)Nc2ccc(Br)cc21)c1cccc(NS(=O)(=O)c2ccccc2)c1. The number of anilines is 2. The Bertz CT molecular complexity index is 1290. The lowest BCUT2D eigenvalue weighted by Crippen LogP contribution is -2.36. The number of carbonyl (C=O) groups is 2. The molecule has 9 heteroatoms. The number of fused-ring (bicyclic) bond motifs is 1. The van der Waals surface area contributed by atoms with E-state index in [-0.39, 0.29) is 16.1 Å². The van der Waals surface area contributed by atoms with E-state index in [9.17, 15) is 23.1 Å². The predicted molar refractivity (Wildman–Crippen MR) is 119 cm³/mol. The maximum Gasteiger partial charge on any atom is 0.261 e. The summed E-state index contributed by atoms with van der Waals surface area (Å²) < 4.78 is 28.2. The van der Waals surface area contributed by atoms with Gasteiger partial charge in [-0.25, -0.2) is 8.42 Å². The van der Waals surface area contributed by atoms with Crippen molar-refractivity contribution in [2.75, 3.05) is 10.0 Å². The molecule has 1 amide bonds. The summed E-state index contributed by atoms with van der Waals surface area (Å²) in [6.07, 6.45) is -0.489. The van der Waals surface area contributed by atoms with Crippen LogP contribution in [0.1, 0.15) is 22.3 Å². The Morgan fingerprint density at radius 1 is 1.03 bits per heavy atom. The number of rotatable bonds is 6. The van der Waals surface area contributed by atoms with Crippen molar-refractivity contribution in [3.63, 3.8) is 0 Å². The monoisotopic (exact) mass is 500 g/mol. The predicted octanol–water partition coefficient (Wildman–Crippen LogP) is 3.66. The first-order valence-electron chi connectivity index (χ1n) is 9.24.